The number of rotatable bonds is 6. The Morgan fingerprint density at radius 1 is 0.967 bits per heavy atom. The summed E-state index contributed by atoms with van der Waals surface area (Å²) < 4.78 is 27.8. The first kappa shape index (κ1) is 22.0. The van der Waals surface area contributed by atoms with Crippen LogP contribution in [0.2, 0.25) is 0 Å². The van der Waals surface area contributed by atoms with E-state index in [1.54, 1.807) is 51.2 Å². The zero-order valence-corrected chi connectivity index (χ0v) is 18.5. The molecule has 2 N–H and O–H groups in total. The van der Waals surface area contributed by atoms with E-state index in [1.165, 1.54) is 23.9 Å². The van der Waals surface area contributed by atoms with Gasteiger partial charge in [0.25, 0.3) is 5.91 Å². The van der Waals surface area contributed by atoms with Crippen LogP contribution in [0.25, 0.3) is 0 Å². The Hall–Kier alpha value is -2.68. The highest BCUT2D eigenvalue weighted by Gasteiger charge is 2.22. The van der Waals surface area contributed by atoms with Crippen LogP contribution in [-0.4, -0.2) is 24.8 Å². The van der Waals surface area contributed by atoms with E-state index >= 15 is 0 Å². The zero-order valence-electron chi connectivity index (χ0n) is 16.9. The van der Waals surface area contributed by atoms with E-state index in [9.17, 15) is 13.2 Å². The molecule has 0 radical (unpaired) electrons. The molecule has 1 amide bonds. The molecule has 30 heavy (non-hydrogen) atoms. The molecule has 0 saturated carbocycles. The fourth-order valence-electron chi connectivity index (χ4n) is 2.65. The largest absolute Gasteiger partial charge is 0.322 e. The van der Waals surface area contributed by atoms with Crippen LogP contribution < -0.4 is 10.0 Å². The first-order chi connectivity index (χ1) is 14.1. The Morgan fingerprint density at radius 3 is 2.40 bits per heavy atom. The molecular formula is C22H23N3O3S2. The molecule has 0 fully saturated rings. The van der Waals surface area contributed by atoms with Crippen LogP contribution in [0.4, 0.5) is 5.69 Å². The monoisotopic (exact) mass is 441 g/mol. The predicted molar refractivity (Wildman–Crippen MR) is 119 cm³/mol. The number of nitrogens with zero attached hydrogens (tertiary/aromatic N) is 1. The third-order valence-electron chi connectivity index (χ3n) is 3.82. The van der Waals surface area contributed by atoms with Crippen LogP contribution in [0, 0.1) is 0 Å². The maximum absolute atomic E-state index is 12.9. The second kappa shape index (κ2) is 8.99. The minimum atomic E-state index is -3.71. The van der Waals surface area contributed by atoms with Crippen molar-refractivity contribution in [2.45, 2.75) is 41.1 Å². The number of sulfonamides is 1. The number of carbonyl (C=O) groups excluding carboxylic acids is 1. The van der Waals surface area contributed by atoms with Gasteiger partial charge in [-0.15, -0.1) is 0 Å². The summed E-state index contributed by atoms with van der Waals surface area (Å²) in [4.78, 5) is 18.3. The first-order valence-corrected chi connectivity index (χ1v) is 11.6. The van der Waals surface area contributed by atoms with Gasteiger partial charge in [-0.1, -0.05) is 36.0 Å². The average Bonchev–Trinajstić information content (AvgIpc) is 2.67. The first-order valence-electron chi connectivity index (χ1n) is 9.27. The molecule has 0 atom stereocenters. The van der Waals surface area contributed by atoms with E-state index in [1.807, 2.05) is 30.3 Å². The lowest BCUT2D eigenvalue weighted by Gasteiger charge is -2.20. The summed E-state index contributed by atoms with van der Waals surface area (Å²) in [7, 11) is -3.71. The lowest BCUT2D eigenvalue weighted by atomic mass is 10.1. The van der Waals surface area contributed by atoms with E-state index in [4.69, 9.17) is 0 Å². The van der Waals surface area contributed by atoms with E-state index in [0.29, 0.717) is 16.3 Å². The highest BCUT2D eigenvalue weighted by atomic mass is 32.2. The molecular weight excluding hydrogens is 418 g/mol. The molecule has 1 aromatic heterocycles. The fraction of sp³-hybridized carbons (Fsp3) is 0.182. The van der Waals surface area contributed by atoms with Gasteiger partial charge in [0.15, 0.2) is 0 Å². The van der Waals surface area contributed by atoms with Gasteiger partial charge in [0, 0.05) is 22.3 Å². The van der Waals surface area contributed by atoms with Crippen LogP contribution in [0.3, 0.4) is 0 Å². The normalized spacial score (nSPS) is 11.8. The molecule has 6 nitrogen and oxygen atoms in total. The summed E-state index contributed by atoms with van der Waals surface area (Å²) in [6.07, 6.45) is 1.63. The minimum absolute atomic E-state index is 0.0836. The van der Waals surface area contributed by atoms with Gasteiger partial charge in [-0.2, -0.15) is 0 Å². The summed E-state index contributed by atoms with van der Waals surface area (Å²) in [5.74, 6) is -0.361. The SMILES string of the molecule is CC(C)(C)NS(=O)(=O)c1cccc(NC(=O)c2cccnc2Sc2ccccc2)c1. The van der Waals surface area contributed by atoms with Crippen molar-refractivity contribution >= 4 is 33.4 Å². The average molecular weight is 442 g/mol. The van der Waals surface area contributed by atoms with Crippen molar-refractivity contribution < 1.29 is 13.2 Å². The van der Waals surface area contributed by atoms with Crippen LogP contribution in [-0.2, 0) is 10.0 Å². The number of amides is 1. The minimum Gasteiger partial charge on any atom is -0.322 e. The topological polar surface area (TPSA) is 88.2 Å². The molecule has 8 heteroatoms. The molecule has 3 aromatic rings. The number of nitrogens with one attached hydrogen (secondary N) is 2. The van der Waals surface area contributed by atoms with Gasteiger partial charge in [0.1, 0.15) is 5.03 Å². The maximum atomic E-state index is 12.9. The molecule has 1 heterocycles. The highest BCUT2D eigenvalue weighted by molar-refractivity contribution is 7.99. The number of pyridine rings is 1. The highest BCUT2D eigenvalue weighted by Crippen LogP contribution is 2.29. The van der Waals surface area contributed by atoms with Crippen molar-refractivity contribution in [2.75, 3.05) is 5.32 Å². The smallest absolute Gasteiger partial charge is 0.258 e. The Balaban J connectivity index is 1.82. The lowest BCUT2D eigenvalue weighted by Crippen LogP contribution is -2.40. The number of hydrogen-bond donors (Lipinski definition) is 2. The Morgan fingerprint density at radius 2 is 1.70 bits per heavy atom. The summed E-state index contributed by atoms with van der Waals surface area (Å²) in [5, 5.41) is 3.34. The van der Waals surface area contributed by atoms with Gasteiger partial charge in [-0.3, -0.25) is 4.79 Å². The van der Waals surface area contributed by atoms with Gasteiger partial charge < -0.3 is 5.32 Å². The predicted octanol–water partition coefficient (Wildman–Crippen LogP) is 4.56. The van der Waals surface area contributed by atoms with Crippen LogP contribution >= 0.6 is 11.8 Å². The van der Waals surface area contributed by atoms with Crippen molar-refractivity contribution in [1.29, 1.82) is 0 Å². The number of anilines is 1. The number of hydrogen-bond acceptors (Lipinski definition) is 5. The van der Waals surface area contributed by atoms with Gasteiger partial charge >= 0.3 is 0 Å². The van der Waals surface area contributed by atoms with Crippen molar-refractivity contribution in [3.05, 3.63) is 78.5 Å². The van der Waals surface area contributed by atoms with Crippen molar-refractivity contribution in [2.24, 2.45) is 0 Å². The molecule has 0 unspecified atom stereocenters. The quantitative estimate of drug-likeness (QED) is 0.585. The van der Waals surface area contributed by atoms with Crippen molar-refractivity contribution in [1.82, 2.24) is 9.71 Å². The summed E-state index contributed by atoms with van der Waals surface area (Å²) in [6, 6.07) is 19.2. The third-order valence-corrected chi connectivity index (χ3v) is 6.60. The van der Waals surface area contributed by atoms with Crippen molar-refractivity contribution in [3.63, 3.8) is 0 Å². The summed E-state index contributed by atoms with van der Waals surface area (Å²) >= 11 is 1.39. The zero-order chi connectivity index (χ0) is 21.8. The molecule has 0 spiro atoms. The molecule has 0 aliphatic rings. The van der Waals surface area contributed by atoms with Gasteiger partial charge in [0.2, 0.25) is 10.0 Å². The Labute approximate surface area is 181 Å². The third kappa shape index (κ3) is 5.91. The molecule has 2 aromatic carbocycles. The Kier molecular flexibility index (Phi) is 6.60. The van der Waals surface area contributed by atoms with Crippen molar-refractivity contribution in [3.8, 4) is 0 Å². The van der Waals surface area contributed by atoms with E-state index < -0.39 is 15.6 Å². The molecule has 0 aliphatic heterocycles. The van der Waals surface area contributed by atoms with E-state index in [2.05, 4.69) is 15.0 Å². The molecule has 3 rings (SSSR count). The van der Waals surface area contributed by atoms with Crippen LogP contribution in [0.5, 0.6) is 0 Å². The maximum Gasteiger partial charge on any atom is 0.258 e. The number of benzene rings is 2. The molecule has 156 valence electrons. The van der Waals surface area contributed by atoms with Crippen LogP contribution in [0.15, 0.2) is 87.7 Å². The van der Waals surface area contributed by atoms with Gasteiger partial charge in [-0.05, 0) is 63.2 Å². The van der Waals surface area contributed by atoms with Crippen LogP contribution in [0.1, 0.15) is 31.1 Å². The number of carbonyl (C=O) groups is 1. The second-order valence-corrected chi connectivity index (χ2v) is 10.4. The van der Waals surface area contributed by atoms with Gasteiger partial charge in [-0.25, -0.2) is 18.1 Å². The van der Waals surface area contributed by atoms with E-state index in [0.717, 1.165) is 4.90 Å². The fourth-order valence-corrected chi connectivity index (χ4v) is 5.01. The summed E-state index contributed by atoms with van der Waals surface area (Å²) in [5.41, 5.74) is 0.181. The lowest BCUT2D eigenvalue weighted by molar-refractivity contribution is 0.102. The number of aromatic nitrogens is 1. The second-order valence-electron chi connectivity index (χ2n) is 7.61. The molecule has 0 aliphatic carbocycles. The summed E-state index contributed by atoms with van der Waals surface area (Å²) in [6.45, 7) is 5.31. The standard InChI is InChI=1S/C22H23N3O3S2/c1-22(2,3)25-30(27,28)18-12-7-9-16(15-18)24-20(26)19-13-8-14-23-21(19)29-17-10-5-4-6-11-17/h4-15,25H,1-3H3,(H,24,26). The molecule has 0 saturated heterocycles. The van der Waals surface area contributed by atoms with E-state index in [-0.39, 0.29) is 10.8 Å². The van der Waals surface area contributed by atoms with Gasteiger partial charge in [0.05, 0.1) is 10.5 Å². The molecule has 0 bridgehead atoms. The Bertz CT molecular complexity index is 1140.